The summed E-state index contributed by atoms with van der Waals surface area (Å²) in [5.74, 6) is 0.325. The molecule has 104 valence electrons. The molecule has 2 aromatic carbocycles. The number of hydrogen-bond acceptors (Lipinski definition) is 4. The second-order valence-corrected chi connectivity index (χ2v) is 4.16. The third-order valence-electron chi connectivity index (χ3n) is 2.83. The molecular formula is C14H14BFO4. The summed E-state index contributed by atoms with van der Waals surface area (Å²) in [4.78, 5) is 0. The number of halogens is 1. The molecule has 0 aliphatic carbocycles. The minimum absolute atomic E-state index is 0.0140. The summed E-state index contributed by atoms with van der Waals surface area (Å²) in [5.41, 5.74) is 0.789. The van der Waals surface area contributed by atoms with Gasteiger partial charge in [-0.1, -0.05) is 18.2 Å². The van der Waals surface area contributed by atoms with Crippen LogP contribution < -0.4 is 14.9 Å². The van der Waals surface area contributed by atoms with Gasteiger partial charge in [-0.05, 0) is 24.3 Å². The Morgan fingerprint density at radius 3 is 2.55 bits per heavy atom. The highest BCUT2D eigenvalue weighted by atomic mass is 19.1. The first-order valence-corrected chi connectivity index (χ1v) is 6.02. The van der Waals surface area contributed by atoms with Gasteiger partial charge in [-0.25, -0.2) is 4.39 Å². The molecule has 0 radical (unpaired) electrons. The van der Waals surface area contributed by atoms with Crippen LogP contribution in [0.2, 0.25) is 0 Å². The number of rotatable bonds is 5. The highest BCUT2D eigenvalue weighted by Crippen LogP contribution is 2.19. The highest BCUT2D eigenvalue weighted by Gasteiger charge is 2.18. The standard InChI is InChI=1S/C14H14BFO4/c1-19-13-5-3-2-4-10(13)9-20-14-7-6-11(16)8-12(14)15(17)18/h2-8,17-18H,9H2,1H3. The summed E-state index contributed by atoms with van der Waals surface area (Å²) in [7, 11) is -0.238. The van der Waals surface area contributed by atoms with Crippen molar-refractivity contribution >= 4 is 12.6 Å². The fourth-order valence-corrected chi connectivity index (χ4v) is 1.83. The number of para-hydroxylation sites is 1. The predicted octanol–water partition coefficient (Wildman–Crippen LogP) is 1.09. The Kier molecular flexibility index (Phi) is 4.60. The zero-order valence-corrected chi connectivity index (χ0v) is 10.9. The summed E-state index contributed by atoms with van der Waals surface area (Å²) >= 11 is 0. The van der Waals surface area contributed by atoms with E-state index in [1.807, 2.05) is 18.2 Å². The van der Waals surface area contributed by atoms with Gasteiger partial charge in [0, 0.05) is 11.0 Å². The van der Waals surface area contributed by atoms with Crippen LogP contribution in [0, 0.1) is 5.82 Å². The molecule has 0 heterocycles. The van der Waals surface area contributed by atoms with E-state index in [4.69, 9.17) is 9.47 Å². The van der Waals surface area contributed by atoms with Crippen LogP contribution in [0.4, 0.5) is 4.39 Å². The van der Waals surface area contributed by atoms with Crippen LogP contribution in [0.5, 0.6) is 11.5 Å². The van der Waals surface area contributed by atoms with Crippen molar-refractivity contribution in [3.05, 3.63) is 53.8 Å². The van der Waals surface area contributed by atoms with E-state index in [1.165, 1.54) is 12.1 Å². The summed E-state index contributed by atoms with van der Waals surface area (Å²) in [6.07, 6.45) is 0. The number of methoxy groups -OCH3 is 1. The molecule has 0 fully saturated rings. The normalized spacial score (nSPS) is 10.2. The van der Waals surface area contributed by atoms with Crippen molar-refractivity contribution in [1.82, 2.24) is 0 Å². The van der Waals surface area contributed by atoms with Crippen LogP contribution in [0.25, 0.3) is 0 Å². The number of ether oxygens (including phenoxy) is 2. The fraction of sp³-hybridized carbons (Fsp3) is 0.143. The van der Waals surface area contributed by atoms with Gasteiger partial charge in [0.05, 0.1) is 7.11 Å². The molecule has 0 saturated carbocycles. The number of benzene rings is 2. The van der Waals surface area contributed by atoms with E-state index >= 15 is 0 Å². The fourth-order valence-electron chi connectivity index (χ4n) is 1.83. The van der Waals surface area contributed by atoms with Gasteiger partial charge in [0.25, 0.3) is 0 Å². The molecule has 0 aliphatic rings. The van der Waals surface area contributed by atoms with E-state index in [0.29, 0.717) is 5.75 Å². The van der Waals surface area contributed by atoms with Crippen LogP contribution in [-0.2, 0) is 6.61 Å². The Labute approximate surface area is 116 Å². The molecule has 4 nitrogen and oxygen atoms in total. The zero-order valence-electron chi connectivity index (χ0n) is 10.9. The summed E-state index contributed by atoms with van der Waals surface area (Å²) < 4.78 is 23.8. The molecule has 0 saturated heterocycles. The molecule has 2 N–H and O–H groups in total. The second kappa shape index (κ2) is 6.41. The molecular weight excluding hydrogens is 262 g/mol. The van der Waals surface area contributed by atoms with Crippen LogP contribution in [-0.4, -0.2) is 24.3 Å². The first-order chi connectivity index (χ1) is 9.61. The Hall–Kier alpha value is -2.05. The lowest BCUT2D eigenvalue weighted by Crippen LogP contribution is -2.31. The first kappa shape index (κ1) is 14.4. The van der Waals surface area contributed by atoms with Crippen LogP contribution in [0.3, 0.4) is 0 Å². The monoisotopic (exact) mass is 276 g/mol. The van der Waals surface area contributed by atoms with Crippen molar-refractivity contribution in [3.63, 3.8) is 0 Å². The molecule has 0 amide bonds. The van der Waals surface area contributed by atoms with Crippen molar-refractivity contribution in [2.24, 2.45) is 0 Å². The van der Waals surface area contributed by atoms with Gasteiger partial charge in [0.1, 0.15) is 23.9 Å². The maximum atomic E-state index is 13.1. The Balaban J connectivity index is 2.19. The average Bonchev–Trinajstić information content (AvgIpc) is 2.46. The predicted molar refractivity (Wildman–Crippen MR) is 73.6 cm³/mol. The molecule has 20 heavy (non-hydrogen) atoms. The van der Waals surface area contributed by atoms with Crippen LogP contribution >= 0.6 is 0 Å². The maximum absolute atomic E-state index is 13.1. The lowest BCUT2D eigenvalue weighted by molar-refractivity contribution is 0.297. The Morgan fingerprint density at radius 2 is 1.85 bits per heavy atom. The molecule has 0 unspecified atom stereocenters. The van der Waals surface area contributed by atoms with Gasteiger partial charge < -0.3 is 19.5 Å². The van der Waals surface area contributed by atoms with E-state index < -0.39 is 12.9 Å². The SMILES string of the molecule is COc1ccccc1COc1ccc(F)cc1B(O)O. The van der Waals surface area contributed by atoms with Crippen LogP contribution in [0.1, 0.15) is 5.56 Å². The minimum atomic E-state index is -1.79. The highest BCUT2D eigenvalue weighted by molar-refractivity contribution is 6.59. The molecule has 0 bridgehead atoms. The topological polar surface area (TPSA) is 58.9 Å². The zero-order chi connectivity index (χ0) is 14.5. The molecule has 2 rings (SSSR count). The van der Waals surface area contributed by atoms with Gasteiger partial charge in [-0.15, -0.1) is 0 Å². The first-order valence-electron chi connectivity index (χ1n) is 6.02. The second-order valence-electron chi connectivity index (χ2n) is 4.16. The van der Waals surface area contributed by atoms with Crippen molar-refractivity contribution in [1.29, 1.82) is 0 Å². The lowest BCUT2D eigenvalue weighted by Gasteiger charge is -2.13. The van der Waals surface area contributed by atoms with Gasteiger partial charge in [0.15, 0.2) is 0 Å². The van der Waals surface area contributed by atoms with E-state index in [0.717, 1.165) is 11.6 Å². The Morgan fingerprint density at radius 1 is 1.10 bits per heavy atom. The van der Waals surface area contributed by atoms with E-state index in [2.05, 4.69) is 0 Å². The smallest absolute Gasteiger partial charge is 0.492 e. The van der Waals surface area contributed by atoms with E-state index in [-0.39, 0.29) is 17.8 Å². The summed E-state index contributed by atoms with van der Waals surface area (Å²) in [6.45, 7) is 0.176. The molecule has 0 spiro atoms. The quantitative estimate of drug-likeness (QED) is 0.803. The molecule has 0 aliphatic heterocycles. The van der Waals surface area contributed by atoms with Crippen molar-refractivity contribution < 1.29 is 23.9 Å². The van der Waals surface area contributed by atoms with E-state index in [1.54, 1.807) is 13.2 Å². The van der Waals surface area contributed by atoms with Gasteiger partial charge in [-0.3, -0.25) is 0 Å². The minimum Gasteiger partial charge on any atom is -0.496 e. The molecule has 0 atom stereocenters. The van der Waals surface area contributed by atoms with Gasteiger partial charge >= 0.3 is 7.12 Å². The van der Waals surface area contributed by atoms with Crippen LogP contribution in [0.15, 0.2) is 42.5 Å². The average molecular weight is 276 g/mol. The lowest BCUT2D eigenvalue weighted by atomic mass is 9.79. The molecule has 0 aromatic heterocycles. The summed E-state index contributed by atoms with van der Waals surface area (Å²) in [5, 5.41) is 18.4. The van der Waals surface area contributed by atoms with E-state index in [9.17, 15) is 14.4 Å². The molecule has 6 heteroatoms. The van der Waals surface area contributed by atoms with Gasteiger partial charge in [-0.2, -0.15) is 0 Å². The number of hydrogen-bond donors (Lipinski definition) is 2. The maximum Gasteiger partial charge on any atom is 0.492 e. The summed E-state index contributed by atoms with van der Waals surface area (Å²) in [6, 6.07) is 10.9. The third kappa shape index (κ3) is 3.29. The van der Waals surface area contributed by atoms with Gasteiger partial charge in [0.2, 0.25) is 0 Å². The Bertz CT molecular complexity index is 589. The van der Waals surface area contributed by atoms with Crippen molar-refractivity contribution in [3.8, 4) is 11.5 Å². The van der Waals surface area contributed by atoms with Crippen molar-refractivity contribution in [2.75, 3.05) is 7.11 Å². The molecule has 2 aromatic rings. The third-order valence-corrected chi connectivity index (χ3v) is 2.83. The largest absolute Gasteiger partial charge is 0.496 e. The van der Waals surface area contributed by atoms with Crippen molar-refractivity contribution in [2.45, 2.75) is 6.61 Å².